The molecule has 0 aliphatic carbocycles. The zero-order valence-electron chi connectivity index (χ0n) is 14.8. The molecule has 0 saturated carbocycles. The molecule has 1 aromatic carbocycles. The Bertz CT molecular complexity index is 987. The molecule has 0 spiro atoms. The molecule has 0 N–H and O–H groups in total. The number of thiocarbonyl (C=S) groups is 1. The van der Waals surface area contributed by atoms with Crippen LogP contribution in [0.3, 0.4) is 0 Å². The minimum atomic E-state index is -0.165. The van der Waals surface area contributed by atoms with E-state index in [-0.39, 0.29) is 12.5 Å². The monoisotopic (exact) mass is 430 g/mol. The number of hydrogen-bond acceptors (Lipinski definition) is 6. The van der Waals surface area contributed by atoms with Gasteiger partial charge >= 0.3 is 0 Å². The molecule has 0 unspecified atom stereocenters. The third kappa shape index (κ3) is 4.47. The van der Waals surface area contributed by atoms with E-state index in [1.807, 2.05) is 12.1 Å². The van der Waals surface area contributed by atoms with Crippen LogP contribution >= 0.6 is 35.6 Å². The summed E-state index contributed by atoms with van der Waals surface area (Å²) in [6.45, 7) is 0.446. The smallest absolute Gasteiger partial charge is 0.266 e. The van der Waals surface area contributed by atoms with Gasteiger partial charge in [0.05, 0.1) is 23.6 Å². The number of rotatable bonds is 6. The number of hydrogen-bond donors (Lipinski definition) is 0. The molecule has 2 aromatic rings. The molecule has 1 saturated heterocycles. The first-order chi connectivity index (χ1) is 13.5. The predicted octanol–water partition coefficient (Wildman–Crippen LogP) is 4.16. The summed E-state index contributed by atoms with van der Waals surface area (Å²) in [5, 5.41) is 0.340. The quantitative estimate of drug-likeness (QED) is 0.389. The van der Waals surface area contributed by atoms with E-state index in [9.17, 15) is 4.79 Å². The lowest BCUT2D eigenvalue weighted by Crippen LogP contribution is -2.27. The largest absolute Gasteiger partial charge is 0.493 e. The fourth-order valence-electron chi connectivity index (χ4n) is 2.54. The Kier molecular flexibility index (Phi) is 6.57. The van der Waals surface area contributed by atoms with Crippen LogP contribution in [-0.2, 0) is 11.3 Å². The Morgan fingerprint density at radius 1 is 1.46 bits per heavy atom. The fourth-order valence-corrected chi connectivity index (χ4v) is 4.07. The lowest BCUT2D eigenvalue weighted by molar-refractivity contribution is -0.122. The summed E-state index contributed by atoms with van der Waals surface area (Å²) < 4.78 is 11.3. The second-order valence-corrected chi connectivity index (χ2v) is 7.74. The van der Waals surface area contributed by atoms with E-state index in [0.717, 1.165) is 5.56 Å². The zero-order valence-corrected chi connectivity index (χ0v) is 17.2. The number of thioether (sulfide) groups is 1. The minimum absolute atomic E-state index is 0.0719. The van der Waals surface area contributed by atoms with Crippen molar-refractivity contribution in [1.82, 2.24) is 9.88 Å². The molecule has 8 heteroatoms. The van der Waals surface area contributed by atoms with Crippen molar-refractivity contribution < 1.29 is 14.3 Å². The Hall–Kier alpha value is -2.53. The highest BCUT2D eigenvalue weighted by atomic mass is 35.5. The van der Waals surface area contributed by atoms with Crippen LogP contribution in [0.15, 0.2) is 41.6 Å². The molecule has 1 aliphatic heterocycles. The predicted molar refractivity (Wildman–Crippen MR) is 115 cm³/mol. The minimum Gasteiger partial charge on any atom is -0.493 e. The second kappa shape index (κ2) is 9.11. The topological polar surface area (TPSA) is 51.7 Å². The highest BCUT2D eigenvalue weighted by Gasteiger charge is 2.32. The van der Waals surface area contributed by atoms with Crippen molar-refractivity contribution >= 4 is 51.9 Å². The molecule has 5 nitrogen and oxygen atoms in total. The Labute approximate surface area is 177 Å². The fraction of sp³-hybridized carbons (Fsp3) is 0.150. The summed E-state index contributed by atoms with van der Waals surface area (Å²) in [7, 11) is 1.51. The molecule has 28 heavy (non-hydrogen) atoms. The van der Waals surface area contributed by atoms with Crippen molar-refractivity contribution in [1.29, 1.82) is 0 Å². The van der Waals surface area contributed by atoms with Crippen LogP contribution in [0.1, 0.15) is 11.1 Å². The molecular weight excluding hydrogens is 416 g/mol. The average molecular weight is 431 g/mol. The van der Waals surface area contributed by atoms with Crippen LogP contribution in [0, 0.1) is 12.3 Å². The summed E-state index contributed by atoms with van der Waals surface area (Å²) in [6, 6.07) is 7.13. The van der Waals surface area contributed by atoms with E-state index in [0.29, 0.717) is 37.9 Å². The van der Waals surface area contributed by atoms with Crippen molar-refractivity contribution in [2.24, 2.45) is 0 Å². The van der Waals surface area contributed by atoms with Gasteiger partial charge in [-0.05, 0) is 35.4 Å². The van der Waals surface area contributed by atoms with E-state index in [1.165, 1.54) is 18.9 Å². The number of amides is 1. The summed E-state index contributed by atoms with van der Waals surface area (Å²) in [6.07, 6.45) is 10.3. The van der Waals surface area contributed by atoms with Crippen molar-refractivity contribution in [2.45, 2.75) is 6.54 Å². The average Bonchev–Trinajstić information content (AvgIpc) is 2.95. The molecule has 0 atom stereocenters. The van der Waals surface area contributed by atoms with Gasteiger partial charge in [0.1, 0.15) is 10.9 Å². The third-order valence-corrected chi connectivity index (χ3v) is 5.44. The molecule has 1 aliphatic rings. The lowest BCUT2D eigenvalue weighted by atomic mass is 10.1. The van der Waals surface area contributed by atoms with Crippen molar-refractivity contribution in [3.63, 3.8) is 0 Å². The third-order valence-electron chi connectivity index (χ3n) is 3.79. The number of nitrogens with zero attached hydrogens (tertiary/aromatic N) is 2. The van der Waals surface area contributed by atoms with Crippen LogP contribution in [-0.4, -0.2) is 33.8 Å². The van der Waals surface area contributed by atoms with Crippen LogP contribution < -0.4 is 9.47 Å². The van der Waals surface area contributed by atoms with Gasteiger partial charge in [0.15, 0.2) is 11.5 Å². The zero-order chi connectivity index (χ0) is 20.1. The number of terminal acetylenes is 1. The van der Waals surface area contributed by atoms with E-state index in [2.05, 4.69) is 10.9 Å². The van der Waals surface area contributed by atoms with Gasteiger partial charge in [0, 0.05) is 12.4 Å². The number of carbonyl (C=O) groups excluding carboxylic acids is 1. The van der Waals surface area contributed by atoms with Gasteiger partial charge in [0.2, 0.25) is 0 Å². The standard InChI is InChI=1S/C20H15ClN2O3S2/c1-3-7-26-18-15(21)8-14(9-16(18)25-2)10-17-19(24)23(20(27)28-17)12-13-5-4-6-22-11-13/h1,4-6,8-11H,7,12H2,2H3. The van der Waals surface area contributed by atoms with Crippen LogP contribution in [0.2, 0.25) is 5.02 Å². The van der Waals surface area contributed by atoms with Gasteiger partial charge in [-0.25, -0.2) is 0 Å². The number of pyridine rings is 1. The maximum absolute atomic E-state index is 12.8. The van der Waals surface area contributed by atoms with Gasteiger partial charge in [-0.1, -0.05) is 47.6 Å². The van der Waals surface area contributed by atoms with Crippen molar-refractivity contribution in [3.05, 3.63) is 57.7 Å². The molecule has 142 valence electrons. The Balaban J connectivity index is 1.85. The van der Waals surface area contributed by atoms with E-state index < -0.39 is 0 Å². The van der Waals surface area contributed by atoms with Crippen molar-refractivity contribution in [2.75, 3.05) is 13.7 Å². The second-order valence-electron chi connectivity index (χ2n) is 5.66. The summed E-state index contributed by atoms with van der Waals surface area (Å²) in [5.41, 5.74) is 1.59. The first kappa shape index (κ1) is 20.2. The first-order valence-corrected chi connectivity index (χ1v) is 9.72. The van der Waals surface area contributed by atoms with Gasteiger partial charge in [-0.15, -0.1) is 6.42 Å². The van der Waals surface area contributed by atoms with Gasteiger partial charge in [-0.2, -0.15) is 0 Å². The van der Waals surface area contributed by atoms with Gasteiger partial charge in [0.25, 0.3) is 5.91 Å². The molecule has 1 amide bonds. The molecule has 0 bridgehead atoms. The summed E-state index contributed by atoms with van der Waals surface area (Å²) in [4.78, 5) is 18.9. The number of ether oxygens (including phenoxy) is 2. The first-order valence-electron chi connectivity index (χ1n) is 8.11. The molecule has 3 rings (SSSR count). The maximum atomic E-state index is 12.8. The number of halogens is 1. The van der Waals surface area contributed by atoms with Crippen molar-refractivity contribution in [3.8, 4) is 23.8 Å². The number of methoxy groups -OCH3 is 1. The maximum Gasteiger partial charge on any atom is 0.266 e. The number of benzene rings is 1. The van der Waals surface area contributed by atoms with Gasteiger partial charge < -0.3 is 9.47 Å². The normalized spacial score (nSPS) is 15.0. The lowest BCUT2D eigenvalue weighted by Gasteiger charge is -2.14. The summed E-state index contributed by atoms with van der Waals surface area (Å²) >= 11 is 12.9. The number of aromatic nitrogens is 1. The summed E-state index contributed by atoms with van der Waals surface area (Å²) in [5.74, 6) is 3.01. The van der Waals surface area contributed by atoms with Gasteiger partial charge in [-0.3, -0.25) is 14.7 Å². The van der Waals surface area contributed by atoms with Crippen LogP contribution in [0.5, 0.6) is 11.5 Å². The Morgan fingerprint density at radius 3 is 2.96 bits per heavy atom. The van der Waals surface area contributed by atoms with E-state index in [4.69, 9.17) is 39.7 Å². The SMILES string of the molecule is C#CCOc1c(Cl)cc(C=C2SC(=S)N(Cc3cccnc3)C2=O)cc1OC. The Morgan fingerprint density at radius 2 is 2.29 bits per heavy atom. The van der Waals surface area contributed by atoms with E-state index >= 15 is 0 Å². The molecule has 2 heterocycles. The number of carbonyl (C=O) groups is 1. The van der Waals surface area contributed by atoms with E-state index in [1.54, 1.807) is 35.5 Å². The van der Waals surface area contributed by atoms with Crippen LogP contribution in [0.25, 0.3) is 6.08 Å². The molecule has 1 fully saturated rings. The highest BCUT2D eigenvalue weighted by Crippen LogP contribution is 2.39. The highest BCUT2D eigenvalue weighted by molar-refractivity contribution is 8.26. The molecule has 1 aromatic heterocycles. The molecular formula is C20H15ClN2O3S2. The molecule has 0 radical (unpaired) electrons. The van der Waals surface area contributed by atoms with Crippen LogP contribution in [0.4, 0.5) is 0 Å².